The Morgan fingerprint density at radius 2 is 1.61 bits per heavy atom. The molecule has 0 aliphatic rings. The highest BCUT2D eigenvalue weighted by atomic mass is 19.1. The zero-order chi connectivity index (χ0) is 20.5. The minimum absolute atomic E-state index is 0.0605. The number of benzene rings is 2. The van der Waals surface area contributed by atoms with Crippen molar-refractivity contribution in [3.05, 3.63) is 65.0 Å². The predicted octanol–water partition coefficient (Wildman–Crippen LogP) is 4.05. The molecule has 0 bridgehead atoms. The van der Waals surface area contributed by atoms with E-state index in [1.807, 2.05) is 18.2 Å². The summed E-state index contributed by atoms with van der Waals surface area (Å²) in [6, 6.07) is 12.3. The van der Waals surface area contributed by atoms with Crippen molar-refractivity contribution >= 4 is 17.5 Å². The van der Waals surface area contributed by atoms with Gasteiger partial charge in [-0.05, 0) is 48.1 Å². The first-order chi connectivity index (χ1) is 13.5. The molecule has 0 atom stereocenters. The molecule has 0 saturated heterocycles. The minimum Gasteiger partial charge on any atom is -0.356 e. The summed E-state index contributed by atoms with van der Waals surface area (Å²) in [5.74, 6) is -0.425. The van der Waals surface area contributed by atoms with Gasteiger partial charge in [0.25, 0.3) is 0 Å². The number of hydrogen-bond donors (Lipinski definition) is 1. The lowest BCUT2D eigenvalue weighted by Crippen LogP contribution is -2.35. The number of nitrogens with zero attached hydrogens (tertiary/aromatic N) is 1. The Morgan fingerprint density at radius 3 is 2.14 bits per heavy atom. The van der Waals surface area contributed by atoms with Crippen molar-refractivity contribution < 1.29 is 14.0 Å². The van der Waals surface area contributed by atoms with Crippen molar-refractivity contribution in [3.63, 3.8) is 0 Å². The zero-order valence-corrected chi connectivity index (χ0v) is 16.9. The van der Waals surface area contributed by atoms with Crippen LogP contribution in [0, 0.1) is 5.82 Å². The summed E-state index contributed by atoms with van der Waals surface area (Å²) in [6.07, 6.45) is 2.54. The monoisotopic (exact) mass is 384 g/mol. The molecule has 1 N–H and O–H groups in total. The van der Waals surface area contributed by atoms with Crippen LogP contribution in [-0.4, -0.2) is 24.9 Å². The fourth-order valence-corrected chi connectivity index (χ4v) is 3.29. The van der Waals surface area contributed by atoms with Crippen molar-refractivity contribution in [2.45, 2.75) is 46.5 Å². The smallest absolute Gasteiger partial charge is 0.223 e. The molecule has 150 valence electrons. The molecule has 0 unspecified atom stereocenters. The number of para-hydroxylation sites is 1. The highest BCUT2D eigenvalue weighted by molar-refractivity contribution is 5.94. The van der Waals surface area contributed by atoms with Gasteiger partial charge in [0.05, 0.1) is 0 Å². The first-order valence-electron chi connectivity index (χ1n) is 9.86. The Labute approximate surface area is 166 Å². The lowest BCUT2D eigenvalue weighted by Gasteiger charge is -2.26. The number of amides is 2. The second kappa shape index (κ2) is 10.6. The van der Waals surface area contributed by atoms with E-state index in [4.69, 9.17) is 0 Å². The van der Waals surface area contributed by atoms with Gasteiger partial charge in [-0.2, -0.15) is 0 Å². The number of aryl methyl sites for hydroxylation is 2. The van der Waals surface area contributed by atoms with Crippen LogP contribution < -0.4 is 10.2 Å². The molecule has 0 heterocycles. The highest BCUT2D eigenvalue weighted by Crippen LogP contribution is 2.27. The molecular weight excluding hydrogens is 355 g/mol. The molecule has 2 aromatic carbocycles. The van der Waals surface area contributed by atoms with Gasteiger partial charge < -0.3 is 10.2 Å². The van der Waals surface area contributed by atoms with E-state index in [0.717, 1.165) is 35.2 Å². The van der Waals surface area contributed by atoms with Crippen molar-refractivity contribution in [3.8, 4) is 0 Å². The lowest BCUT2D eigenvalue weighted by molar-refractivity contribution is -0.121. The maximum absolute atomic E-state index is 12.9. The van der Waals surface area contributed by atoms with Crippen LogP contribution in [0.25, 0.3) is 0 Å². The number of hydrogen-bond acceptors (Lipinski definition) is 2. The quantitative estimate of drug-likeness (QED) is 0.709. The summed E-state index contributed by atoms with van der Waals surface area (Å²) in [7, 11) is 0. The van der Waals surface area contributed by atoms with Gasteiger partial charge in [-0.15, -0.1) is 0 Å². The second-order valence-corrected chi connectivity index (χ2v) is 6.78. The maximum atomic E-state index is 12.9. The summed E-state index contributed by atoms with van der Waals surface area (Å²) in [5.41, 5.74) is 4.15. The third kappa shape index (κ3) is 5.91. The normalized spacial score (nSPS) is 10.6. The molecule has 2 amide bonds. The van der Waals surface area contributed by atoms with Gasteiger partial charge in [0.15, 0.2) is 0 Å². The molecule has 2 rings (SSSR count). The van der Waals surface area contributed by atoms with E-state index in [-0.39, 0.29) is 24.1 Å². The topological polar surface area (TPSA) is 49.4 Å². The van der Waals surface area contributed by atoms with Gasteiger partial charge in [0.1, 0.15) is 5.82 Å². The molecule has 0 fully saturated rings. The summed E-state index contributed by atoms with van der Waals surface area (Å²) >= 11 is 0. The average molecular weight is 384 g/mol. The van der Waals surface area contributed by atoms with E-state index in [2.05, 4.69) is 19.2 Å². The van der Waals surface area contributed by atoms with Crippen molar-refractivity contribution in [2.75, 3.05) is 18.0 Å². The Bertz CT molecular complexity index is 780. The number of carbonyl (C=O) groups is 2. The van der Waals surface area contributed by atoms with Crippen LogP contribution in [0.3, 0.4) is 0 Å². The Hall–Kier alpha value is -2.69. The van der Waals surface area contributed by atoms with Crippen LogP contribution in [0.1, 0.15) is 43.9 Å². The average Bonchev–Trinajstić information content (AvgIpc) is 2.69. The molecule has 0 spiro atoms. The second-order valence-electron chi connectivity index (χ2n) is 6.78. The van der Waals surface area contributed by atoms with E-state index in [1.165, 1.54) is 19.1 Å². The Balaban J connectivity index is 1.95. The van der Waals surface area contributed by atoms with Crippen LogP contribution in [0.5, 0.6) is 0 Å². The number of halogens is 1. The maximum Gasteiger partial charge on any atom is 0.223 e. The fraction of sp³-hybridized carbons (Fsp3) is 0.391. The summed E-state index contributed by atoms with van der Waals surface area (Å²) in [4.78, 5) is 26.2. The predicted molar refractivity (Wildman–Crippen MR) is 111 cm³/mol. The minimum atomic E-state index is -0.268. The molecule has 28 heavy (non-hydrogen) atoms. The van der Waals surface area contributed by atoms with Crippen LogP contribution in [0.4, 0.5) is 10.1 Å². The molecular formula is C23H29FN2O2. The molecule has 0 aromatic heterocycles. The molecule has 5 heteroatoms. The van der Waals surface area contributed by atoms with Crippen LogP contribution in [-0.2, 0) is 28.9 Å². The molecule has 0 aliphatic carbocycles. The lowest BCUT2D eigenvalue weighted by atomic mass is 10.0. The van der Waals surface area contributed by atoms with Gasteiger partial charge in [-0.3, -0.25) is 9.59 Å². The Kier molecular flexibility index (Phi) is 8.18. The molecule has 0 saturated carbocycles. The molecule has 0 radical (unpaired) electrons. The van der Waals surface area contributed by atoms with E-state index in [0.29, 0.717) is 19.5 Å². The van der Waals surface area contributed by atoms with Gasteiger partial charge in [-0.25, -0.2) is 4.39 Å². The van der Waals surface area contributed by atoms with Crippen LogP contribution in [0.15, 0.2) is 42.5 Å². The van der Waals surface area contributed by atoms with Crippen molar-refractivity contribution in [1.82, 2.24) is 5.32 Å². The number of anilines is 1. The van der Waals surface area contributed by atoms with Crippen molar-refractivity contribution in [2.24, 2.45) is 0 Å². The summed E-state index contributed by atoms with van der Waals surface area (Å²) in [5, 5.41) is 2.88. The first-order valence-corrected chi connectivity index (χ1v) is 9.86. The summed E-state index contributed by atoms with van der Waals surface area (Å²) in [6.45, 7) is 6.51. The number of rotatable bonds is 9. The standard InChI is InChI=1S/C23H29FN2O2/c1-4-19-7-6-8-20(5-2)23(19)26(17(3)27)16-14-22(28)25-15-13-18-9-11-21(24)12-10-18/h6-12H,4-5,13-16H2,1-3H3,(H,25,28). The SMILES string of the molecule is CCc1cccc(CC)c1N(CCC(=O)NCCc1ccc(F)cc1)C(C)=O. The van der Waals surface area contributed by atoms with Gasteiger partial charge in [0, 0.05) is 32.1 Å². The third-order valence-electron chi connectivity index (χ3n) is 4.83. The van der Waals surface area contributed by atoms with Gasteiger partial charge in [0.2, 0.25) is 11.8 Å². The third-order valence-corrected chi connectivity index (χ3v) is 4.83. The van der Waals surface area contributed by atoms with Crippen LogP contribution in [0.2, 0.25) is 0 Å². The van der Waals surface area contributed by atoms with Crippen LogP contribution >= 0.6 is 0 Å². The number of carbonyl (C=O) groups excluding carboxylic acids is 2. The molecule has 4 nitrogen and oxygen atoms in total. The van der Waals surface area contributed by atoms with E-state index >= 15 is 0 Å². The van der Waals surface area contributed by atoms with Gasteiger partial charge >= 0.3 is 0 Å². The largest absolute Gasteiger partial charge is 0.356 e. The zero-order valence-electron chi connectivity index (χ0n) is 16.9. The fourth-order valence-electron chi connectivity index (χ4n) is 3.29. The number of nitrogens with one attached hydrogen (secondary N) is 1. The van der Waals surface area contributed by atoms with E-state index < -0.39 is 0 Å². The first kappa shape index (κ1) is 21.6. The van der Waals surface area contributed by atoms with Crippen molar-refractivity contribution in [1.29, 1.82) is 0 Å². The Morgan fingerprint density at radius 1 is 1.00 bits per heavy atom. The van der Waals surface area contributed by atoms with E-state index in [1.54, 1.807) is 17.0 Å². The molecule has 2 aromatic rings. The van der Waals surface area contributed by atoms with E-state index in [9.17, 15) is 14.0 Å². The highest BCUT2D eigenvalue weighted by Gasteiger charge is 2.19. The molecule has 0 aliphatic heterocycles. The summed E-state index contributed by atoms with van der Waals surface area (Å²) < 4.78 is 12.9. The van der Waals surface area contributed by atoms with Gasteiger partial charge in [-0.1, -0.05) is 44.2 Å².